The molecule has 0 unspecified atom stereocenters. The fourth-order valence-corrected chi connectivity index (χ4v) is 4.16. The van der Waals surface area contributed by atoms with Crippen molar-refractivity contribution in [1.82, 2.24) is 10.3 Å². The molecule has 4 rings (SSSR count). The van der Waals surface area contributed by atoms with Crippen molar-refractivity contribution >= 4 is 39.4 Å². The Morgan fingerprint density at radius 3 is 2.74 bits per heavy atom. The fourth-order valence-electron chi connectivity index (χ4n) is 3.52. The molecule has 7 nitrogen and oxygen atoms in total. The van der Waals surface area contributed by atoms with Gasteiger partial charge in [0.15, 0.2) is 0 Å². The molecule has 8 heteroatoms. The van der Waals surface area contributed by atoms with E-state index in [1.54, 1.807) is 18.5 Å². The number of piperidine rings is 1. The van der Waals surface area contributed by atoms with Crippen LogP contribution in [0, 0.1) is 10.1 Å². The maximum atomic E-state index is 12.2. The van der Waals surface area contributed by atoms with E-state index in [9.17, 15) is 14.9 Å². The molecule has 1 saturated heterocycles. The van der Waals surface area contributed by atoms with E-state index in [1.165, 1.54) is 11.3 Å². The van der Waals surface area contributed by atoms with Gasteiger partial charge in [-0.05, 0) is 36.4 Å². The van der Waals surface area contributed by atoms with Crippen LogP contribution in [0.3, 0.4) is 0 Å². The van der Waals surface area contributed by atoms with Gasteiger partial charge in [0.2, 0.25) is 0 Å². The Hall–Kier alpha value is -3.00. The van der Waals surface area contributed by atoms with Crippen molar-refractivity contribution in [2.45, 2.75) is 18.9 Å². The lowest BCUT2D eigenvalue weighted by Crippen LogP contribution is -2.44. The third kappa shape index (κ3) is 3.48. The van der Waals surface area contributed by atoms with E-state index in [1.807, 2.05) is 29.0 Å². The van der Waals surface area contributed by atoms with Crippen molar-refractivity contribution in [2.24, 2.45) is 0 Å². The van der Waals surface area contributed by atoms with Gasteiger partial charge in [-0.15, -0.1) is 0 Å². The van der Waals surface area contributed by atoms with E-state index in [0.717, 1.165) is 37.0 Å². The predicted molar refractivity (Wildman–Crippen MR) is 105 cm³/mol. The molecule has 1 fully saturated rings. The lowest BCUT2D eigenvalue weighted by atomic mass is 10.0. The monoisotopic (exact) mass is 382 g/mol. The van der Waals surface area contributed by atoms with Crippen molar-refractivity contribution < 1.29 is 9.72 Å². The SMILES string of the molecule is O=C(NC1CCN(c2ccc([N+](=O)[O-])c3cnccc23)CC1)c1ccsc1. The van der Waals surface area contributed by atoms with Crippen molar-refractivity contribution in [3.05, 3.63) is 63.1 Å². The average Bonchev–Trinajstić information content (AvgIpc) is 3.23. The molecule has 3 aromatic rings. The topological polar surface area (TPSA) is 88.4 Å². The molecular weight excluding hydrogens is 364 g/mol. The van der Waals surface area contributed by atoms with Gasteiger partial charge in [0, 0.05) is 59.6 Å². The molecule has 0 radical (unpaired) electrons. The third-order valence-corrected chi connectivity index (χ3v) is 5.61. The van der Waals surface area contributed by atoms with E-state index in [-0.39, 0.29) is 22.6 Å². The summed E-state index contributed by atoms with van der Waals surface area (Å²) in [5.41, 5.74) is 1.75. The highest BCUT2D eigenvalue weighted by atomic mass is 32.1. The molecule has 2 aromatic heterocycles. The molecule has 0 aliphatic carbocycles. The lowest BCUT2D eigenvalue weighted by molar-refractivity contribution is -0.383. The van der Waals surface area contributed by atoms with Gasteiger partial charge in [0.25, 0.3) is 11.6 Å². The summed E-state index contributed by atoms with van der Waals surface area (Å²) in [5.74, 6) is -0.0263. The molecule has 138 valence electrons. The standard InChI is InChI=1S/C19H18N4O3S/c24-19(13-6-10-27-12-13)21-14-4-8-22(9-5-14)17-1-2-18(23(25)26)16-11-20-7-3-15(16)17/h1-3,6-7,10-12,14H,4-5,8-9H2,(H,21,24). The Morgan fingerprint density at radius 1 is 1.22 bits per heavy atom. The van der Waals surface area contributed by atoms with Gasteiger partial charge in [-0.3, -0.25) is 19.9 Å². The Balaban J connectivity index is 1.49. The zero-order chi connectivity index (χ0) is 18.8. The maximum Gasteiger partial charge on any atom is 0.278 e. The maximum absolute atomic E-state index is 12.2. The molecule has 1 aromatic carbocycles. The predicted octanol–water partition coefficient (Wildman–Crippen LogP) is 3.60. The van der Waals surface area contributed by atoms with Crippen LogP contribution in [0.15, 0.2) is 47.4 Å². The summed E-state index contributed by atoms with van der Waals surface area (Å²) in [7, 11) is 0. The Kier molecular flexibility index (Phi) is 4.72. The van der Waals surface area contributed by atoms with Gasteiger partial charge in [0.05, 0.1) is 10.3 Å². The molecule has 1 N–H and O–H groups in total. The van der Waals surface area contributed by atoms with E-state index < -0.39 is 0 Å². The average molecular weight is 382 g/mol. The minimum atomic E-state index is -0.375. The first-order valence-electron chi connectivity index (χ1n) is 8.72. The summed E-state index contributed by atoms with van der Waals surface area (Å²) in [6, 6.07) is 7.14. The zero-order valence-electron chi connectivity index (χ0n) is 14.5. The van der Waals surface area contributed by atoms with Crippen LogP contribution < -0.4 is 10.2 Å². The number of pyridine rings is 1. The summed E-state index contributed by atoms with van der Waals surface area (Å²) >= 11 is 1.51. The molecule has 0 spiro atoms. The number of thiophene rings is 1. The second-order valence-electron chi connectivity index (χ2n) is 6.53. The Bertz CT molecular complexity index is 982. The van der Waals surface area contributed by atoms with Gasteiger partial charge in [0.1, 0.15) is 0 Å². The first-order chi connectivity index (χ1) is 13.1. The number of nitrogens with zero attached hydrogens (tertiary/aromatic N) is 3. The molecule has 1 aliphatic heterocycles. The summed E-state index contributed by atoms with van der Waals surface area (Å²) in [6.45, 7) is 1.56. The van der Waals surface area contributed by atoms with E-state index in [2.05, 4.69) is 15.2 Å². The highest BCUT2D eigenvalue weighted by molar-refractivity contribution is 7.08. The van der Waals surface area contributed by atoms with E-state index in [4.69, 9.17) is 0 Å². The number of rotatable bonds is 4. The molecule has 27 heavy (non-hydrogen) atoms. The number of nitro groups is 1. The quantitative estimate of drug-likeness (QED) is 0.550. The molecule has 0 saturated carbocycles. The number of hydrogen-bond acceptors (Lipinski definition) is 6. The van der Waals surface area contributed by atoms with Gasteiger partial charge in [-0.1, -0.05) is 0 Å². The van der Waals surface area contributed by atoms with Crippen LogP contribution in [0.1, 0.15) is 23.2 Å². The molecule has 0 bridgehead atoms. The number of amides is 1. The minimum absolute atomic E-state index is 0.0263. The van der Waals surface area contributed by atoms with E-state index in [0.29, 0.717) is 10.9 Å². The van der Waals surface area contributed by atoms with Crippen LogP contribution in [-0.4, -0.2) is 34.9 Å². The van der Waals surface area contributed by atoms with Crippen LogP contribution in [0.5, 0.6) is 0 Å². The molecule has 0 atom stereocenters. The number of carbonyl (C=O) groups is 1. The second kappa shape index (κ2) is 7.32. The smallest absolute Gasteiger partial charge is 0.278 e. The molecule has 1 amide bonds. The van der Waals surface area contributed by atoms with Gasteiger partial charge in [-0.2, -0.15) is 11.3 Å². The number of anilines is 1. The van der Waals surface area contributed by atoms with Crippen molar-refractivity contribution in [3.8, 4) is 0 Å². The normalized spacial score (nSPS) is 15.0. The van der Waals surface area contributed by atoms with Crippen LogP contribution >= 0.6 is 11.3 Å². The number of carbonyl (C=O) groups excluding carboxylic acids is 1. The zero-order valence-corrected chi connectivity index (χ0v) is 15.3. The van der Waals surface area contributed by atoms with Crippen LogP contribution in [0.25, 0.3) is 10.8 Å². The molecule has 3 heterocycles. The minimum Gasteiger partial charge on any atom is -0.371 e. The van der Waals surface area contributed by atoms with Crippen LogP contribution in [0.2, 0.25) is 0 Å². The number of aromatic nitrogens is 1. The summed E-state index contributed by atoms with van der Waals surface area (Å²) in [5, 5.41) is 19.5. The number of fused-ring (bicyclic) bond motifs is 1. The molecular formula is C19H18N4O3S. The van der Waals surface area contributed by atoms with Crippen molar-refractivity contribution in [1.29, 1.82) is 0 Å². The van der Waals surface area contributed by atoms with Gasteiger partial charge >= 0.3 is 0 Å². The molecule has 1 aliphatic rings. The second-order valence-corrected chi connectivity index (χ2v) is 7.31. The number of nitro benzene ring substituents is 1. The first kappa shape index (κ1) is 17.4. The summed E-state index contributed by atoms with van der Waals surface area (Å²) in [6.07, 6.45) is 4.87. The lowest BCUT2D eigenvalue weighted by Gasteiger charge is -2.34. The fraction of sp³-hybridized carbons (Fsp3) is 0.263. The first-order valence-corrected chi connectivity index (χ1v) is 9.67. The van der Waals surface area contributed by atoms with Crippen molar-refractivity contribution in [2.75, 3.05) is 18.0 Å². The van der Waals surface area contributed by atoms with Gasteiger partial charge < -0.3 is 10.2 Å². The number of nitrogens with one attached hydrogen (secondary N) is 1. The van der Waals surface area contributed by atoms with Crippen LogP contribution in [0.4, 0.5) is 11.4 Å². The number of non-ortho nitro benzene ring substituents is 1. The van der Waals surface area contributed by atoms with E-state index >= 15 is 0 Å². The van der Waals surface area contributed by atoms with Gasteiger partial charge in [-0.25, -0.2) is 0 Å². The highest BCUT2D eigenvalue weighted by Crippen LogP contribution is 2.34. The van der Waals surface area contributed by atoms with Crippen LogP contribution in [-0.2, 0) is 0 Å². The Morgan fingerprint density at radius 2 is 2.04 bits per heavy atom. The summed E-state index contributed by atoms with van der Waals surface area (Å²) in [4.78, 5) is 29.4. The van der Waals surface area contributed by atoms with Crippen molar-refractivity contribution in [3.63, 3.8) is 0 Å². The third-order valence-electron chi connectivity index (χ3n) is 4.92. The highest BCUT2D eigenvalue weighted by Gasteiger charge is 2.24. The summed E-state index contributed by atoms with van der Waals surface area (Å²) < 4.78 is 0. The number of benzene rings is 1. The largest absolute Gasteiger partial charge is 0.371 e. The number of hydrogen-bond donors (Lipinski definition) is 1. The Labute approximate surface area is 159 Å².